The van der Waals surface area contributed by atoms with Gasteiger partial charge in [-0.3, -0.25) is 9.59 Å². The molecule has 7 heteroatoms. The maximum Gasteiger partial charge on any atom is 0.337 e. The number of allylic oxidation sites excluding steroid dienone is 2. The van der Waals surface area contributed by atoms with Gasteiger partial charge in [0.1, 0.15) is 0 Å². The second kappa shape index (κ2) is 9.29. The first-order chi connectivity index (χ1) is 10.5. The first kappa shape index (κ1) is 21.1. The van der Waals surface area contributed by atoms with Crippen molar-refractivity contribution >= 4 is 17.9 Å². The van der Waals surface area contributed by atoms with E-state index in [2.05, 4.69) is 6.08 Å². The van der Waals surface area contributed by atoms with Gasteiger partial charge in [0, 0.05) is 0 Å². The normalized spacial score (nSPS) is 16.0. The molecule has 0 saturated carbocycles. The minimum atomic E-state index is -2.81. The molecule has 132 valence electrons. The largest absolute Gasteiger partial charge is 0.481 e. The van der Waals surface area contributed by atoms with E-state index in [1.165, 1.54) is 5.57 Å². The molecule has 0 aromatic rings. The zero-order chi connectivity index (χ0) is 18.2. The van der Waals surface area contributed by atoms with Crippen molar-refractivity contribution in [1.82, 2.24) is 0 Å². The minimum absolute atomic E-state index is 0.0958. The van der Waals surface area contributed by atoms with E-state index in [4.69, 9.17) is 10.2 Å². The number of carboxylic acids is 3. The van der Waals surface area contributed by atoms with Crippen molar-refractivity contribution in [3.05, 3.63) is 11.6 Å². The van der Waals surface area contributed by atoms with Crippen molar-refractivity contribution in [3.63, 3.8) is 0 Å². The van der Waals surface area contributed by atoms with Crippen LogP contribution in [0, 0.1) is 11.8 Å². The highest BCUT2D eigenvalue weighted by molar-refractivity contribution is 5.89. The van der Waals surface area contributed by atoms with Crippen molar-refractivity contribution < 1.29 is 34.8 Å². The highest BCUT2D eigenvalue weighted by Gasteiger charge is 2.49. The number of hydrogen-bond acceptors (Lipinski definition) is 4. The van der Waals surface area contributed by atoms with Gasteiger partial charge < -0.3 is 20.4 Å². The molecule has 0 aliphatic rings. The highest BCUT2D eigenvalue weighted by Crippen LogP contribution is 2.29. The van der Waals surface area contributed by atoms with E-state index in [1.54, 1.807) is 0 Å². The van der Waals surface area contributed by atoms with Crippen LogP contribution in [0.15, 0.2) is 11.6 Å². The summed E-state index contributed by atoms with van der Waals surface area (Å²) in [6.07, 6.45) is 2.85. The predicted octanol–water partition coefficient (Wildman–Crippen LogP) is 2.14. The number of carboxylic acid groups (broad SMARTS) is 3. The number of hydrogen-bond donors (Lipinski definition) is 4. The minimum Gasteiger partial charge on any atom is -0.481 e. The smallest absolute Gasteiger partial charge is 0.337 e. The van der Waals surface area contributed by atoms with Crippen LogP contribution in [0.25, 0.3) is 0 Å². The molecule has 3 atom stereocenters. The topological polar surface area (TPSA) is 132 Å². The lowest BCUT2D eigenvalue weighted by atomic mass is 9.79. The van der Waals surface area contributed by atoms with Crippen LogP contribution in [-0.4, -0.2) is 43.9 Å². The van der Waals surface area contributed by atoms with Crippen LogP contribution < -0.4 is 0 Å². The van der Waals surface area contributed by atoms with Crippen molar-refractivity contribution in [3.8, 4) is 0 Å². The van der Waals surface area contributed by atoms with Crippen molar-refractivity contribution in [2.45, 2.75) is 58.5 Å². The first-order valence-electron chi connectivity index (χ1n) is 7.54. The fourth-order valence-electron chi connectivity index (χ4n) is 2.40. The van der Waals surface area contributed by atoms with Crippen LogP contribution >= 0.6 is 0 Å². The Morgan fingerprint density at radius 3 is 2.00 bits per heavy atom. The van der Waals surface area contributed by atoms with Gasteiger partial charge in [0.15, 0.2) is 5.60 Å². The molecule has 0 aliphatic heterocycles. The number of carbonyl (C=O) groups is 3. The molecule has 0 aromatic carbocycles. The van der Waals surface area contributed by atoms with Gasteiger partial charge in [-0.2, -0.15) is 0 Å². The summed E-state index contributed by atoms with van der Waals surface area (Å²) in [4.78, 5) is 33.3. The Kier molecular flexibility index (Phi) is 8.53. The summed E-state index contributed by atoms with van der Waals surface area (Å²) in [5.41, 5.74) is -1.63. The third-order valence-corrected chi connectivity index (χ3v) is 3.83. The average molecular weight is 330 g/mol. The fraction of sp³-hybridized carbons (Fsp3) is 0.688. The summed E-state index contributed by atoms with van der Waals surface area (Å²) in [5.74, 6) is -6.42. The van der Waals surface area contributed by atoms with Gasteiger partial charge in [0.2, 0.25) is 0 Å². The van der Waals surface area contributed by atoms with E-state index in [0.29, 0.717) is 6.42 Å². The molecule has 0 saturated heterocycles. The summed E-state index contributed by atoms with van der Waals surface area (Å²) in [6, 6.07) is 0. The van der Waals surface area contributed by atoms with Gasteiger partial charge >= 0.3 is 17.9 Å². The lowest BCUT2D eigenvalue weighted by Gasteiger charge is -2.29. The summed E-state index contributed by atoms with van der Waals surface area (Å²) < 4.78 is 0. The second-order valence-corrected chi connectivity index (χ2v) is 6.23. The van der Waals surface area contributed by atoms with Gasteiger partial charge in [-0.25, -0.2) is 4.79 Å². The van der Waals surface area contributed by atoms with Gasteiger partial charge in [0.25, 0.3) is 0 Å². The van der Waals surface area contributed by atoms with E-state index in [9.17, 15) is 24.6 Å². The van der Waals surface area contributed by atoms with E-state index in [1.807, 2.05) is 20.8 Å². The molecule has 0 aromatic heterocycles. The van der Waals surface area contributed by atoms with Crippen molar-refractivity contribution in [2.75, 3.05) is 0 Å². The maximum atomic E-state index is 11.3. The molecular weight excluding hydrogens is 304 g/mol. The monoisotopic (exact) mass is 330 g/mol. The summed E-state index contributed by atoms with van der Waals surface area (Å²) >= 11 is 0. The quantitative estimate of drug-likeness (QED) is 0.427. The van der Waals surface area contributed by atoms with Crippen LogP contribution in [0.1, 0.15) is 52.9 Å². The van der Waals surface area contributed by atoms with Gasteiger partial charge in [-0.1, -0.05) is 18.6 Å². The number of aliphatic carboxylic acids is 3. The van der Waals surface area contributed by atoms with E-state index >= 15 is 0 Å². The lowest BCUT2D eigenvalue weighted by molar-refractivity contribution is -0.179. The van der Waals surface area contributed by atoms with E-state index < -0.39 is 35.8 Å². The molecule has 0 bridgehead atoms. The Hall–Kier alpha value is -1.89. The SMILES string of the molecule is CC(C)=CCCC(C)CCC(C(=O)O)C(O)(CC(=O)O)C(=O)O. The molecule has 0 fully saturated rings. The lowest BCUT2D eigenvalue weighted by Crippen LogP contribution is -2.50. The highest BCUT2D eigenvalue weighted by atomic mass is 16.4. The van der Waals surface area contributed by atoms with Crippen LogP contribution in [0.3, 0.4) is 0 Å². The van der Waals surface area contributed by atoms with Gasteiger partial charge in [-0.15, -0.1) is 0 Å². The van der Waals surface area contributed by atoms with Gasteiger partial charge in [0.05, 0.1) is 12.3 Å². The first-order valence-corrected chi connectivity index (χ1v) is 7.54. The molecule has 0 heterocycles. The molecule has 0 spiro atoms. The molecule has 0 radical (unpaired) electrons. The predicted molar refractivity (Wildman–Crippen MR) is 83.0 cm³/mol. The van der Waals surface area contributed by atoms with E-state index in [0.717, 1.165) is 12.8 Å². The van der Waals surface area contributed by atoms with Crippen molar-refractivity contribution in [1.29, 1.82) is 0 Å². The average Bonchev–Trinajstić information content (AvgIpc) is 2.36. The molecule has 0 rings (SSSR count). The number of rotatable bonds is 11. The molecule has 3 unspecified atom stereocenters. The summed E-state index contributed by atoms with van der Waals surface area (Å²) in [5, 5.41) is 37.1. The van der Waals surface area contributed by atoms with E-state index in [-0.39, 0.29) is 12.3 Å². The Bertz CT molecular complexity index is 465. The fourth-order valence-corrected chi connectivity index (χ4v) is 2.40. The second-order valence-electron chi connectivity index (χ2n) is 6.23. The summed E-state index contributed by atoms with van der Waals surface area (Å²) in [7, 11) is 0. The van der Waals surface area contributed by atoms with Crippen molar-refractivity contribution in [2.24, 2.45) is 11.8 Å². The zero-order valence-corrected chi connectivity index (χ0v) is 13.8. The van der Waals surface area contributed by atoms with Gasteiger partial charge in [-0.05, 0) is 45.4 Å². The third-order valence-electron chi connectivity index (χ3n) is 3.83. The van der Waals surface area contributed by atoms with Crippen LogP contribution in [0.5, 0.6) is 0 Å². The molecule has 0 amide bonds. The van der Waals surface area contributed by atoms with Crippen LogP contribution in [0.2, 0.25) is 0 Å². The molecule has 0 aliphatic carbocycles. The molecular formula is C16H26O7. The Morgan fingerprint density at radius 1 is 1.04 bits per heavy atom. The Balaban J connectivity index is 4.91. The Morgan fingerprint density at radius 2 is 1.61 bits per heavy atom. The summed E-state index contributed by atoms with van der Waals surface area (Å²) in [6.45, 7) is 5.86. The zero-order valence-electron chi connectivity index (χ0n) is 13.8. The standard InChI is InChI=1S/C16H26O7/c1-10(2)5-4-6-11(3)7-8-12(14(19)20)16(23,15(21)22)9-13(17)18/h5,11-12,23H,4,6-9H2,1-3H3,(H,17,18)(H,19,20)(H,21,22). The third kappa shape index (κ3) is 7.27. The Labute approximate surface area is 135 Å². The number of aliphatic hydroxyl groups is 1. The maximum absolute atomic E-state index is 11.3. The molecule has 4 N–H and O–H groups in total. The van der Waals surface area contributed by atoms with Crippen LogP contribution in [-0.2, 0) is 14.4 Å². The molecule has 23 heavy (non-hydrogen) atoms. The van der Waals surface area contributed by atoms with Crippen LogP contribution in [0.4, 0.5) is 0 Å². The molecule has 7 nitrogen and oxygen atoms in total.